The summed E-state index contributed by atoms with van der Waals surface area (Å²) in [6.07, 6.45) is 0.998. The number of carbonyl (C=O) groups excluding carboxylic acids is 1. The van der Waals surface area contributed by atoms with E-state index in [2.05, 4.69) is 16.0 Å². The lowest BCUT2D eigenvalue weighted by atomic mass is 10.1. The second-order valence-electron chi connectivity index (χ2n) is 5.51. The summed E-state index contributed by atoms with van der Waals surface area (Å²) in [5.74, 6) is 0.177. The van der Waals surface area contributed by atoms with Gasteiger partial charge in [0.1, 0.15) is 9.84 Å². The number of amides is 1. The first-order chi connectivity index (χ1) is 10.0. The fourth-order valence-corrected chi connectivity index (χ4v) is 4.17. The maximum Gasteiger partial charge on any atom is 0.251 e. The van der Waals surface area contributed by atoms with Crippen molar-refractivity contribution in [3.8, 4) is 0 Å². The van der Waals surface area contributed by atoms with Crippen LogP contribution in [0.25, 0.3) is 0 Å². The summed E-state index contributed by atoms with van der Waals surface area (Å²) in [6.45, 7) is 1.70. The van der Waals surface area contributed by atoms with Crippen LogP contribution >= 0.6 is 0 Å². The molecule has 6 nitrogen and oxygen atoms in total. The van der Waals surface area contributed by atoms with Gasteiger partial charge in [0.25, 0.3) is 5.91 Å². The molecular formula is C14H19N3O3S. The Balaban J connectivity index is 1.66. The average Bonchev–Trinajstić information content (AvgIpc) is 2.49. The van der Waals surface area contributed by atoms with Crippen molar-refractivity contribution in [3.05, 3.63) is 23.8 Å². The molecule has 21 heavy (non-hydrogen) atoms. The number of hydrogen-bond acceptors (Lipinski definition) is 5. The van der Waals surface area contributed by atoms with Crippen molar-refractivity contribution in [2.75, 3.05) is 35.2 Å². The molecule has 0 atom stereocenters. The van der Waals surface area contributed by atoms with Crippen molar-refractivity contribution >= 4 is 27.1 Å². The predicted molar refractivity (Wildman–Crippen MR) is 82.6 cm³/mol. The number of anilines is 2. The van der Waals surface area contributed by atoms with E-state index in [1.807, 2.05) is 12.1 Å². The molecule has 0 spiro atoms. The minimum Gasteiger partial charge on any atom is -0.382 e. The first kappa shape index (κ1) is 14.2. The van der Waals surface area contributed by atoms with Crippen molar-refractivity contribution in [2.45, 2.75) is 18.9 Å². The van der Waals surface area contributed by atoms with Crippen LogP contribution in [0.15, 0.2) is 18.2 Å². The van der Waals surface area contributed by atoms with Gasteiger partial charge in [0, 0.05) is 24.7 Å². The highest BCUT2D eigenvalue weighted by Gasteiger charge is 2.25. The lowest BCUT2D eigenvalue weighted by Gasteiger charge is -2.24. The Bertz CT molecular complexity index is 643. The second-order valence-corrected chi connectivity index (χ2v) is 7.82. The van der Waals surface area contributed by atoms with E-state index in [1.165, 1.54) is 0 Å². The van der Waals surface area contributed by atoms with Crippen molar-refractivity contribution in [3.63, 3.8) is 0 Å². The number of benzene rings is 1. The normalized spacial score (nSPS) is 20.8. The zero-order valence-corrected chi connectivity index (χ0v) is 12.5. The van der Waals surface area contributed by atoms with E-state index in [9.17, 15) is 13.2 Å². The van der Waals surface area contributed by atoms with Gasteiger partial charge in [0.2, 0.25) is 0 Å². The molecule has 0 unspecified atom stereocenters. The molecule has 1 fully saturated rings. The Hall–Kier alpha value is -1.76. The van der Waals surface area contributed by atoms with E-state index >= 15 is 0 Å². The van der Waals surface area contributed by atoms with Crippen molar-refractivity contribution in [1.29, 1.82) is 0 Å². The van der Waals surface area contributed by atoms with Crippen LogP contribution in [0, 0.1) is 0 Å². The van der Waals surface area contributed by atoms with E-state index in [0.29, 0.717) is 18.4 Å². The first-order valence-electron chi connectivity index (χ1n) is 7.17. The topological polar surface area (TPSA) is 87.3 Å². The summed E-state index contributed by atoms with van der Waals surface area (Å²) in [5, 5.41) is 9.44. The molecule has 1 amide bonds. The summed E-state index contributed by atoms with van der Waals surface area (Å²) in [7, 11) is -2.90. The van der Waals surface area contributed by atoms with Crippen LogP contribution < -0.4 is 16.0 Å². The highest BCUT2D eigenvalue weighted by molar-refractivity contribution is 7.91. The van der Waals surface area contributed by atoms with Crippen LogP contribution in [0.3, 0.4) is 0 Å². The Morgan fingerprint density at radius 1 is 1.10 bits per heavy atom. The summed E-state index contributed by atoms with van der Waals surface area (Å²) in [6, 6.07) is 5.45. The fraction of sp³-hybridized carbons (Fsp3) is 0.500. The smallest absolute Gasteiger partial charge is 0.251 e. The Kier molecular flexibility index (Phi) is 3.75. The Labute approximate surface area is 124 Å². The number of nitrogens with one attached hydrogen (secondary N) is 3. The Morgan fingerprint density at radius 2 is 1.76 bits per heavy atom. The molecule has 114 valence electrons. The molecule has 0 aliphatic carbocycles. The van der Waals surface area contributed by atoms with Crippen LogP contribution in [-0.2, 0) is 9.84 Å². The molecule has 0 aromatic heterocycles. The monoisotopic (exact) mass is 309 g/mol. The number of rotatable bonds is 2. The molecule has 1 aromatic rings. The van der Waals surface area contributed by atoms with Crippen LogP contribution in [0.4, 0.5) is 11.4 Å². The fourth-order valence-electron chi connectivity index (χ4n) is 2.68. The zero-order valence-electron chi connectivity index (χ0n) is 11.7. The highest BCUT2D eigenvalue weighted by atomic mass is 32.2. The summed E-state index contributed by atoms with van der Waals surface area (Å²) < 4.78 is 22.8. The van der Waals surface area contributed by atoms with Gasteiger partial charge in [-0.2, -0.15) is 0 Å². The third-order valence-electron chi connectivity index (χ3n) is 3.93. The minimum absolute atomic E-state index is 0.0526. The molecule has 3 N–H and O–H groups in total. The average molecular weight is 309 g/mol. The molecular weight excluding hydrogens is 290 g/mol. The molecule has 3 rings (SSSR count). The molecule has 0 saturated carbocycles. The molecule has 2 heterocycles. The van der Waals surface area contributed by atoms with Crippen molar-refractivity contribution in [1.82, 2.24) is 5.32 Å². The van der Waals surface area contributed by atoms with Crippen LogP contribution in [0.1, 0.15) is 23.2 Å². The van der Waals surface area contributed by atoms with E-state index in [1.54, 1.807) is 6.07 Å². The first-order valence-corrected chi connectivity index (χ1v) is 8.99. The molecule has 2 aliphatic rings. The van der Waals surface area contributed by atoms with Gasteiger partial charge in [-0.25, -0.2) is 8.42 Å². The minimum atomic E-state index is -2.90. The van der Waals surface area contributed by atoms with Crippen LogP contribution in [0.2, 0.25) is 0 Å². The van der Waals surface area contributed by atoms with Crippen molar-refractivity contribution in [2.24, 2.45) is 0 Å². The lowest BCUT2D eigenvalue weighted by molar-refractivity contribution is 0.0934. The van der Waals surface area contributed by atoms with E-state index < -0.39 is 9.84 Å². The molecule has 1 aromatic carbocycles. The molecule has 0 bridgehead atoms. The largest absolute Gasteiger partial charge is 0.382 e. The molecule has 7 heteroatoms. The van der Waals surface area contributed by atoms with Gasteiger partial charge in [-0.1, -0.05) is 0 Å². The summed E-state index contributed by atoms with van der Waals surface area (Å²) in [4.78, 5) is 12.3. The van der Waals surface area contributed by atoms with Gasteiger partial charge < -0.3 is 16.0 Å². The van der Waals surface area contributed by atoms with Gasteiger partial charge >= 0.3 is 0 Å². The number of hydrogen-bond donors (Lipinski definition) is 3. The number of carbonyl (C=O) groups is 1. The van der Waals surface area contributed by atoms with Gasteiger partial charge in [-0.3, -0.25) is 4.79 Å². The summed E-state index contributed by atoms with van der Waals surface area (Å²) in [5.41, 5.74) is 2.53. The molecule has 0 radical (unpaired) electrons. The maximum absolute atomic E-state index is 12.3. The number of fused-ring (bicyclic) bond motifs is 1. The molecule has 1 saturated heterocycles. The predicted octanol–water partition coefficient (Wildman–Crippen LogP) is 0.831. The maximum atomic E-state index is 12.3. The van der Waals surface area contributed by atoms with Gasteiger partial charge in [-0.15, -0.1) is 0 Å². The third kappa shape index (κ3) is 3.29. The van der Waals surface area contributed by atoms with Crippen molar-refractivity contribution < 1.29 is 13.2 Å². The van der Waals surface area contributed by atoms with Gasteiger partial charge in [0.15, 0.2) is 0 Å². The zero-order chi connectivity index (χ0) is 14.9. The Morgan fingerprint density at radius 3 is 2.48 bits per heavy atom. The summed E-state index contributed by atoms with van der Waals surface area (Å²) >= 11 is 0. The lowest BCUT2D eigenvalue weighted by Crippen LogP contribution is -2.40. The van der Waals surface area contributed by atoms with Gasteiger partial charge in [-0.05, 0) is 31.0 Å². The highest BCUT2D eigenvalue weighted by Crippen LogP contribution is 2.25. The SMILES string of the molecule is O=C(NC1CCS(=O)(=O)CC1)c1ccc2c(c1)NCCN2. The second kappa shape index (κ2) is 5.55. The molecule has 2 aliphatic heterocycles. The van der Waals surface area contributed by atoms with Crippen LogP contribution in [-0.4, -0.2) is 45.0 Å². The third-order valence-corrected chi connectivity index (χ3v) is 5.64. The number of sulfone groups is 1. The van der Waals surface area contributed by atoms with E-state index in [0.717, 1.165) is 24.5 Å². The quantitative estimate of drug-likeness (QED) is 0.753. The van der Waals surface area contributed by atoms with E-state index in [-0.39, 0.29) is 23.5 Å². The van der Waals surface area contributed by atoms with Crippen LogP contribution in [0.5, 0.6) is 0 Å². The van der Waals surface area contributed by atoms with Gasteiger partial charge in [0.05, 0.1) is 22.9 Å². The van der Waals surface area contributed by atoms with E-state index in [4.69, 9.17) is 0 Å². The standard InChI is InChI=1S/C14H19N3O3S/c18-14(17-11-3-7-21(19,20)8-4-11)10-1-2-12-13(9-10)16-6-5-15-12/h1-2,9,11,15-16H,3-8H2,(H,17,18).